The highest BCUT2D eigenvalue weighted by molar-refractivity contribution is 7.87. The number of β-lactam (4-membered cyclic amide) rings is 1. The molecule has 4 atom stereocenters. The smallest absolute Gasteiger partial charge is 0.328 e. The summed E-state index contributed by atoms with van der Waals surface area (Å²) in [6, 6.07) is 6.99. The van der Waals surface area contributed by atoms with Crippen LogP contribution >= 0.6 is 0 Å². The molecule has 25 heavy (non-hydrogen) atoms. The average Bonchev–Trinajstić information content (AvgIpc) is 2.71. The summed E-state index contributed by atoms with van der Waals surface area (Å²) in [5.41, 5.74) is 0.801. The molecule has 0 bridgehead atoms. The summed E-state index contributed by atoms with van der Waals surface area (Å²) >= 11 is 0. The van der Waals surface area contributed by atoms with E-state index in [4.69, 9.17) is 0 Å². The number of hydrogen-bond donors (Lipinski definition) is 2. The van der Waals surface area contributed by atoms with Crippen LogP contribution in [0.15, 0.2) is 30.3 Å². The van der Waals surface area contributed by atoms with Crippen LogP contribution in [0, 0.1) is 0 Å². The van der Waals surface area contributed by atoms with Crippen molar-refractivity contribution < 1.29 is 29.2 Å². The van der Waals surface area contributed by atoms with Gasteiger partial charge in [0.25, 0.3) is 0 Å². The maximum absolute atomic E-state index is 12.6. The van der Waals surface area contributed by atoms with Crippen LogP contribution in [-0.2, 0) is 31.6 Å². The third-order valence-electron chi connectivity index (χ3n) is 4.51. The van der Waals surface area contributed by atoms with Crippen molar-refractivity contribution in [2.75, 3.05) is 0 Å². The Balaban J connectivity index is 0.00000225. The lowest BCUT2D eigenvalue weighted by Crippen LogP contribution is -2.71. The first kappa shape index (κ1) is 19.1. The molecule has 2 amide bonds. The van der Waals surface area contributed by atoms with Gasteiger partial charge in [0.2, 0.25) is 11.8 Å². The zero-order valence-electron chi connectivity index (χ0n) is 13.8. The molecule has 136 valence electrons. The molecular weight excluding hydrogens is 348 g/mol. The molecule has 0 spiro atoms. The van der Waals surface area contributed by atoms with E-state index in [2.05, 4.69) is 5.32 Å². The number of benzene rings is 1. The lowest BCUT2D eigenvalue weighted by atomic mass is 9.96. The van der Waals surface area contributed by atoms with Crippen molar-refractivity contribution in [1.29, 1.82) is 0 Å². The third kappa shape index (κ3) is 2.93. The van der Waals surface area contributed by atoms with Crippen molar-refractivity contribution in [3.8, 4) is 0 Å². The van der Waals surface area contributed by atoms with Crippen molar-refractivity contribution in [2.24, 2.45) is 0 Å². The summed E-state index contributed by atoms with van der Waals surface area (Å²) in [6.07, 6.45) is 0.107. The largest absolute Gasteiger partial charge is 0.480 e. The summed E-state index contributed by atoms with van der Waals surface area (Å²) in [6.45, 7) is 3.13. The molecule has 0 radical (unpaired) electrons. The summed E-state index contributed by atoms with van der Waals surface area (Å²) in [5, 5.41) is 11.2. The lowest BCUT2D eigenvalue weighted by molar-refractivity contribution is -0.161. The summed E-state index contributed by atoms with van der Waals surface area (Å²) < 4.78 is 11.5. The zero-order chi connectivity index (χ0) is 17.6. The number of carbonyl (C=O) groups is 3. The van der Waals surface area contributed by atoms with Crippen molar-refractivity contribution in [1.82, 2.24) is 10.2 Å². The van der Waals surface area contributed by atoms with Crippen molar-refractivity contribution in [3.63, 3.8) is 0 Å². The van der Waals surface area contributed by atoms with E-state index in [1.54, 1.807) is 26.0 Å². The Labute approximate surface area is 147 Å². The van der Waals surface area contributed by atoms with Crippen LogP contribution in [0.25, 0.3) is 0 Å². The molecule has 0 aromatic heterocycles. The number of aliphatic carboxylic acids is 1. The molecule has 3 rings (SSSR count). The fraction of sp³-hybridized carbons (Fsp3) is 0.438. The van der Waals surface area contributed by atoms with Gasteiger partial charge in [0.15, 0.2) is 0 Å². The van der Waals surface area contributed by atoms with Gasteiger partial charge in [-0.05, 0) is 19.4 Å². The summed E-state index contributed by atoms with van der Waals surface area (Å²) in [7, 11) is -1.58. The van der Waals surface area contributed by atoms with E-state index in [9.17, 15) is 23.7 Å². The Morgan fingerprint density at radius 1 is 1.28 bits per heavy atom. The second-order valence-corrected chi connectivity index (χ2v) is 8.62. The second-order valence-electron chi connectivity index (χ2n) is 6.49. The predicted octanol–water partition coefficient (Wildman–Crippen LogP) is -0.948. The second kappa shape index (κ2) is 6.57. The molecule has 8 nitrogen and oxygen atoms in total. The Hall–Kier alpha value is -2.26. The number of nitrogens with zero attached hydrogens (tertiary/aromatic N) is 1. The van der Waals surface area contributed by atoms with Gasteiger partial charge in [-0.2, -0.15) is 0 Å². The monoisotopic (exact) mass is 368 g/mol. The van der Waals surface area contributed by atoms with E-state index in [0.717, 1.165) is 10.5 Å². The zero-order valence-corrected chi connectivity index (χ0v) is 14.6. The molecule has 2 saturated heterocycles. The van der Waals surface area contributed by atoms with Crippen LogP contribution in [0.5, 0.6) is 0 Å². The van der Waals surface area contributed by atoms with Gasteiger partial charge in [0.05, 0.1) is 22.0 Å². The molecule has 0 aliphatic carbocycles. The summed E-state index contributed by atoms with van der Waals surface area (Å²) in [5.74, 6) is -2.03. The van der Waals surface area contributed by atoms with Gasteiger partial charge >= 0.3 is 5.97 Å². The Bertz CT molecular complexity index is 735. The number of carboxylic acids is 1. The van der Waals surface area contributed by atoms with Gasteiger partial charge in [-0.25, -0.2) is 4.79 Å². The van der Waals surface area contributed by atoms with Crippen LogP contribution in [0.4, 0.5) is 0 Å². The first-order valence-electron chi connectivity index (χ1n) is 7.54. The fourth-order valence-electron chi connectivity index (χ4n) is 3.30. The Morgan fingerprint density at radius 3 is 2.44 bits per heavy atom. The molecule has 4 unspecified atom stereocenters. The molecule has 4 N–H and O–H groups in total. The highest BCUT2D eigenvalue weighted by atomic mass is 32.2. The minimum atomic E-state index is -1.58. The molecule has 0 saturated carbocycles. The van der Waals surface area contributed by atoms with Crippen LogP contribution in [0.2, 0.25) is 0 Å². The standard InChI is InChI=1S/C16H18N2O5S.H2O/c1-16(2)12(15(21)22)18-13(20)11(14(18)24(16)23)17-10(19)8-9-6-4-3-5-7-9;/h3-7,11-12,14H,8H2,1-2H3,(H,17,19)(H,21,22);1H2. The van der Waals surface area contributed by atoms with Crippen LogP contribution in [0.1, 0.15) is 19.4 Å². The first-order valence-corrected chi connectivity index (χ1v) is 8.75. The molecule has 2 heterocycles. The van der Waals surface area contributed by atoms with E-state index >= 15 is 0 Å². The van der Waals surface area contributed by atoms with Crippen molar-refractivity contribution >= 4 is 28.6 Å². The van der Waals surface area contributed by atoms with E-state index in [1.807, 2.05) is 18.2 Å². The number of carbonyl (C=O) groups excluding carboxylic acids is 2. The van der Waals surface area contributed by atoms with Gasteiger partial charge in [-0.3, -0.25) is 13.8 Å². The molecule has 1 aromatic carbocycles. The number of nitrogens with one attached hydrogen (secondary N) is 1. The molecular formula is C16H20N2O6S. The molecule has 9 heteroatoms. The Morgan fingerprint density at radius 2 is 1.88 bits per heavy atom. The van der Waals surface area contributed by atoms with Gasteiger partial charge in [0.1, 0.15) is 17.5 Å². The predicted molar refractivity (Wildman–Crippen MR) is 90.0 cm³/mol. The Kier molecular flexibility index (Phi) is 5.01. The molecule has 2 aliphatic rings. The highest BCUT2D eigenvalue weighted by Gasteiger charge is 2.68. The van der Waals surface area contributed by atoms with Gasteiger partial charge in [0, 0.05) is 0 Å². The molecule has 2 fully saturated rings. The van der Waals surface area contributed by atoms with E-state index in [0.29, 0.717) is 0 Å². The van der Waals surface area contributed by atoms with Crippen LogP contribution < -0.4 is 5.32 Å². The fourth-order valence-corrected chi connectivity index (χ4v) is 5.22. The van der Waals surface area contributed by atoms with E-state index in [1.165, 1.54) is 0 Å². The number of rotatable bonds is 4. The van der Waals surface area contributed by atoms with Gasteiger partial charge in [-0.1, -0.05) is 30.3 Å². The molecule has 2 aliphatic heterocycles. The van der Waals surface area contributed by atoms with Crippen LogP contribution in [0.3, 0.4) is 0 Å². The molecule has 1 aromatic rings. The first-order chi connectivity index (χ1) is 11.2. The van der Waals surface area contributed by atoms with E-state index < -0.39 is 44.9 Å². The third-order valence-corrected chi connectivity index (χ3v) is 6.71. The highest BCUT2D eigenvalue weighted by Crippen LogP contribution is 2.43. The van der Waals surface area contributed by atoms with Crippen molar-refractivity contribution in [3.05, 3.63) is 35.9 Å². The van der Waals surface area contributed by atoms with Gasteiger partial charge < -0.3 is 20.8 Å². The maximum Gasteiger partial charge on any atom is 0.328 e. The minimum absolute atomic E-state index is 0. The van der Waals surface area contributed by atoms with Gasteiger partial charge in [-0.15, -0.1) is 0 Å². The van der Waals surface area contributed by atoms with Crippen molar-refractivity contribution in [2.45, 2.75) is 42.5 Å². The van der Waals surface area contributed by atoms with Crippen LogP contribution in [-0.4, -0.2) is 59.7 Å². The maximum atomic E-state index is 12.6. The lowest BCUT2D eigenvalue weighted by Gasteiger charge is -2.43. The minimum Gasteiger partial charge on any atom is -0.480 e. The number of hydrogen-bond acceptors (Lipinski definition) is 4. The SMILES string of the molecule is CC1(C)C(C(=O)O)N2C(=O)C(NC(=O)Cc3ccccc3)C2S1=O.O. The average molecular weight is 368 g/mol. The topological polar surface area (TPSA) is 135 Å². The normalized spacial score (nSPS) is 29.2. The number of carboxylic acid groups (broad SMARTS) is 1. The number of fused-ring (bicyclic) bond motifs is 1. The number of amides is 2. The quantitative estimate of drug-likeness (QED) is 0.661. The van der Waals surface area contributed by atoms with E-state index in [-0.39, 0.29) is 17.8 Å². The summed E-state index contributed by atoms with van der Waals surface area (Å²) in [4.78, 5) is 37.0.